The molecule has 1 aliphatic carbocycles. The van der Waals surface area contributed by atoms with Gasteiger partial charge in [0.05, 0.1) is 6.04 Å². The Kier molecular flexibility index (Phi) is 2.28. The smallest absolute Gasteiger partial charge is 0.239 e. The van der Waals surface area contributed by atoms with Gasteiger partial charge >= 0.3 is 0 Å². The van der Waals surface area contributed by atoms with Crippen LogP contribution in [0.15, 0.2) is 0 Å². The number of amides is 1. The quantitative estimate of drug-likeness (QED) is 0.684. The molecule has 0 bridgehead atoms. The Labute approximate surface area is 79.3 Å². The second-order valence-electron chi connectivity index (χ2n) is 4.37. The second-order valence-corrected chi connectivity index (χ2v) is 4.37. The monoisotopic (exact) mass is 182 g/mol. The lowest BCUT2D eigenvalue weighted by Gasteiger charge is -2.26. The topological polar surface area (TPSA) is 46.3 Å². The van der Waals surface area contributed by atoms with Crippen molar-refractivity contribution in [2.24, 2.45) is 11.7 Å². The Bertz CT molecular complexity index is 211. The molecule has 0 aromatic heterocycles. The van der Waals surface area contributed by atoms with Crippen LogP contribution in [-0.2, 0) is 4.79 Å². The van der Waals surface area contributed by atoms with Crippen molar-refractivity contribution < 1.29 is 4.79 Å². The predicted octanol–water partition coefficient (Wildman–Crippen LogP) is 0.735. The molecule has 0 radical (unpaired) electrons. The summed E-state index contributed by atoms with van der Waals surface area (Å²) in [6.45, 7) is 2.71. The van der Waals surface area contributed by atoms with Gasteiger partial charge in [0, 0.05) is 12.6 Å². The van der Waals surface area contributed by atoms with E-state index in [1.165, 1.54) is 25.7 Å². The maximum Gasteiger partial charge on any atom is 0.239 e. The molecule has 1 aliphatic heterocycles. The van der Waals surface area contributed by atoms with E-state index in [0.717, 1.165) is 12.5 Å². The van der Waals surface area contributed by atoms with Crippen molar-refractivity contribution in [1.82, 2.24) is 4.90 Å². The number of nitrogens with zero attached hydrogens (tertiary/aromatic N) is 1. The fourth-order valence-electron chi connectivity index (χ4n) is 2.30. The van der Waals surface area contributed by atoms with Gasteiger partial charge < -0.3 is 10.6 Å². The molecule has 3 heteroatoms. The molecule has 2 fully saturated rings. The van der Waals surface area contributed by atoms with Gasteiger partial charge in [-0.3, -0.25) is 4.79 Å². The van der Waals surface area contributed by atoms with E-state index in [9.17, 15) is 4.79 Å². The van der Waals surface area contributed by atoms with Crippen LogP contribution >= 0.6 is 0 Å². The van der Waals surface area contributed by atoms with E-state index in [1.54, 1.807) is 6.92 Å². The zero-order chi connectivity index (χ0) is 9.42. The molecule has 2 atom stereocenters. The van der Waals surface area contributed by atoms with Crippen molar-refractivity contribution in [3.8, 4) is 0 Å². The van der Waals surface area contributed by atoms with E-state index >= 15 is 0 Å². The highest BCUT2D eigenvalue weighted by molar-refractivity contribution is 5.81. The van der Waals surface area contributed by atoms with Crippen molar-refractivity contribution in [3.63, 3.8) is 0 Å². The molecule has 3 nitrogen and oxygen atoms in total. The summed E-state index contributed by atoms with van der Waals surface area (Å²) >= 11 is 0. The molecule has 2 aliphatic rings. The summed E-state index contributed by atoms with van der Waals surface area (Å²) in [6.07, 6.45) is 4.99. The van der Waals surface area contributed by atoms with Crippen LogP contribution in [0.4, 0.5) is 0 Å². The van der Waals surface area contributed by atoms with Gasteiger partial charge in [-0.05, 0) is 38.5 Å². The Balaban J connectivity index is 2.00. The molecular formula is C10H18N2O. The van der Waals surface area contributed by atoms with E-state index < -0.39 is 0 Å². The summed E-state index contributed by atoms with van der Waals surface area (Å²) in [5.41, 5.74) is 5.61. The molecule has 74 valence electrons. The molecular weight excluding hydrogens is 164 g/mol. The zero-order valence-corrected chi connectivity index (χ0v) is 8.20. The molecule has 2 rings (SSSR count). The number of likely N-dealkylation sites (tertiary alicyclic amines) is 1. The minimum Gasteiger partial charge on any atom is -0.338 e. The van der Waals surface area contributed by atoms with Crippen LogP contribution in [0, 0.1) is 5.92 Å². The van der Waals surface area contributed by atoms with Gasteiger partial charge in [0.15, 0.2) is 0 Å². The van der Waals surface area contributed by atoms with Crippen molar-refractivity contribution in [2.75, 3.05) is 6.54 Å². The third-order valence-corrected chi connectivity index (χ3v) is 3.14. The van der Waals surface area contributed by atoms with E-state index in [-0.39, 0.29) is 11.9 Å². The lowest BCUT2D eigenvalue weighted by Crippen LogP contribution is -2.45. The first-order chi connectivity index (χ1) is 6.20. The van der Waals surface area contributed by atoms with E-state index in [0.29, 0.717) is 6.04 Å². The van der Waals surface area contributed by atoms with Crippen molar-refractivity contribution in [1.29, 1.82) is 0 Å². The van der Waals surface area contributed by atoms with Gasteiger partial charge in [-0.1, -0.05) is 0 Å². The number of carbonyl (C=O) groups is 1. The Morgan fingerprint density at radius 3 is 2.69 bits per heavy atom. The van der Waals surface area contributed by atoms with Gasteiger partial charge in [-0.25, -0.2) is 0 Å². The summed E-state index contributed by atoms with van der Waals surface area (Å²) < 4.78 is 0. The zero-order valence-electron chi connectivity index (χ0n) is 8.20. The van der Waals surface area contributed by atoms with Gasteiger partial charge in [0.2, 0.25) is 5.91 Å². The van der Waals surface area contributed by atoms with Crippen LogP contribution in [0.2, 0.25) is 0 Å². The Morgan fingerprint density at radius 2 is 2.15 bits per heavy atom. The fraction of sp³-hybridized carbons (Fsp3) is 0.900. The van der Waals surface area contributed by atoms with E-state index in [2.05, 4.69) is 0 Å². The molecule has 1 saturated heterocycles. The lowest BCUT2D eigenvalue weighted by atomic mass is 10.1. The third-order valence-electron chi connectivity index (χ3n) is 3.14. The average Bonchev–Trinajstić information content (AvgIpc) is 2.83. The van der Waals surface area contributed by atoms with Gasteiger partial charge in [0.1, 0.15) is 0 Å². The van der Waals surface area contributed by atoms with Crippen molar-refractivity contribution in [2.45, 2.75) is 44.7 Å². The highest BCUT2D eigenvalue weighted by Gasteiger charge is 2.40. The average molecular weight is 182 g/mol. The number of nitrogens with two attached hydrogens (primary N) is 1. The molecule has 1 amide bonds. The van der Waals surface area contributed by atoms with Gasteiger partial charge in [0.25, 0.3) is 0 Å². The van der Waals surface area contributed by atoms with Crippen molar-refractivity contribution >= 4 is 5.91 Å². The van der Waals surface area contributed by atoms with Crippen LogP contribution < -0.4 is 5.73 Å². The fourth-order valence-corrected chi connectivity index (χ4v) is 2.30. The largest absolute Gasteiger partial charge is 0.338 e. The second kappa shape index (κ2) is 3.29. The number of hydrogen-bond donors (Lipinski definition) is 1. The number of rotatable bonds is 2. The highest BCUT2D eigenvalue weighted by atomic mass is 16.2. The summed E-state index contributed by atoms with van der Waals surface area (Å²) in [5.74, 6) is 0.944. The van der Waals surface area contributed by atoms with Crippen LogP contribution in [0.5, 0.6) is 0 Å². The molecule has 0 aromatic rings. The molecule has 0 aromatic carbocycles. The predicted molar refractivity (Wildman–Crippen MR) is 51.1 cm³/mol. The van der Waals surface area contributed by atoms with Crippen LogP contribution in [-0.4, -0.2) is 29.4 Å². The van der Waals surface area contributed by atoms with Crippen LogP contribution in [0.1, 0.15) is 32.6 Å². The summed E-state index contributed by atoms with van der Waals surface area (Å²) in [5, 5.41) is 0. The first kappa shape index (κ1) is 9.00. The van der Waals surface area contributed by atoms with Gasteiger partial charge in [-0.2, -0.15) is 0 Å². The Hall–Kier alpha value is -0.570. The number of hydrogen-bond acceptors (Lipinski definition) is 2. The minimum absolute atomic E-state index is 0.148. The van der Waals surface area contributed by atoms with Crippen LogP contribution in [0.3, 0.4) is 0 Å². The minimum atomic E-state index is -0.320. The first-order valence-corrected chi connectivity index (χ1v) is 5.26. The normalized spacial score (nSPS) is 30.6. The molecule has 2 N–H and O–H groups in total. The summed E-state index contributed by atoms with van der Waals surface area (Å²) in [7, 11) is 0. The molecule has 1 saturated carbocycles. The summed E-state index contributed by atoms with van der Waals surface area (Å²) in [6, 6.07) is 0.206. The van der Waals surface area contributed by atoms with Gasteiger partial charge in [-0.15, -0.1) is 0 Å². The van der Waals surface area contributed by atoms with E-state index in [1.807, 2.05) is 4.90 Å². The molecule has 0 spiro atoms. The van der Waals surface area contributed by atoms with Crippen molar-refractivity contribution in [3.05, 3.63) is 0 Å². The number of carbonyl (C=O) groups excluding carboxylic acids is 1. The molecule has 1 heterocycles. The van der Waals surface area contributed by atoms with E-state index in [4.69, 9.17) is 5.73 Å². The maximum atomic E-state index is 11.7. The standard InChI is InChI=1S/C10H18N2O/c1-7(11)10(13)12-6-2-3-9(12)8-4-5-8/h7-9H,2-6,11H2,1H3. The SMILES string of the molecule is CC(N)C(=O)N1CCCC1C1CC1. The maximum absolute atomic E-state index is 11.7. The highest BCUT2D eigenvalue weighted by Crippen LogP contribution is 2.40. The molecule has 13 heavy (non-hydrogen) atoms. The van der Waals surface area contributed by atoms with Crippen LogP contribution in [0.25, 0.3) is 0 Å². The Morgan fingerprint density at radius 1 is 1.46 bits per heavy atom. The lowest BCUT2D eigenvalue weighted by molar-refractivity contribution is -0.133. The first-order valence-electron chi connectivity index (χ1n) is 5.26. The third kappa shape index (κ3) is 1.70. The summed E-state index contributed by atoms with van der Waals surface area (Å²) in [4.78, 5) is 13.7. The molecule has 2 unspecified atom stereocenters.